The number of aromatic nitrogens is 2. The van der Waals surface area contributed by atoms with Crippen molar-refractivity contribution in [2.75, 3.05) is 6.61 Å². The van der Waals surface area contributed by atoms with E-state index in [-0.39, 0.29) is 11.7 Å². The topological polar surface area (TPSA) is 65.2 Å². The van der Waals surface area contributed by atoms with Crippen LogP contribution in [-0.4, -0.2) is 22.5 Å². The molecule has 1 unspecified atom stereocenters. The highest BCUT2D eigenvalue weighted by Crippen LogP contribution is 2.30. The summed E-state index contributed by atoms with van der Waals surface area (Å²) in [5, 5.41) is 4.01. The van der Waals surface area contributed by atoms with E-state index >= 15 is 0 Å². The molecule has 0 N–H and O–H groups in total. The molecular formula is C15H16N2O3. The number of fused-ring (bicyclic) bond motifs is 1. The average molecular weight is 272 g/mol. The van der Waals surface area contributed by atoms with Gasteiger partial charge in [0.25, 0.3) is 0 Å². The molecule has 0 saturated heterocycles. The lowest BCUT2D eigenvalue weighted by atomic mass is 9.96. The summed E-state index contributed by atoms with van der Waals surface area (Å²) in [5.74, 6) is 2.36. The Morgan fingerprint density at radius 1 is 1.40 bits per heavy atom. The van der Waals surface area contributed by atoms with Gasteiger partial charge in [-0.3, -0.25) is 0 Å². The van der Waals surface area contributed by atoms with Gasteiger partial charge < -0.3 is 14.1 Å². The van der Waals surface area contributed by atoms with E-state index in [9.17, 15) is 4.79 Å². The number of hydrogen-bond acceptors (Lipinski definition) is 5. The van der Waals surface area contributed by atoms with Crippen molar-refractivity contribution < 1.29 is 14.1 Å². The number of ether oxygens (including phenoxy) is 1. The summed E-state index contributed by atoms with van der Waals surface area (Å²) in [5.41, 5.74) is 1.17. The van der Waals surface area contributed by atoms with Crippen molar-refractivity contribution in [3.63, 3.8) is 0 Å². The Morgan fingerprint density at radius 2 is 2.25 bits per heavy atom. The maximum Gasteiger partial charge on any atom is 0.227 e. The van der Waals surface area contributed by atoms with Gasteiger partial charge in [-0.15, -0.1) is 0 Å². The minimum Gasteiger partial charge on any atom is -0.493 e. The van der Waals surface area contributed by atoms with Crippen molar-refractivity contribution in [1.82, 2.24) is 10.1 Å². The monoisotopic (exact) mass is 272 g/mol. The van der Waals surface area contributed by atoms with Crippen LogP contribution in [0.1, 0.15) is 36.5 Å². The fraction of sp³-hybridized carbons (Fsp3) is 0.400. The number of carbonyl (C=O) groups excluding carboxylic acids is 1. The van der Waals surface area contributed by atoms with Gasteiger partial charge in [0.15, 0.2) is 5.82 Å². The van der Waals surface area contributed by atoms with Gasteiger partial charge in [-0.1, -0.05) is 23.4 Å². The summed E-state index contributed by atoms with van der Waals surface area (Å²) in [6.07, 6.45) is 1.79. The van der Waals surface area contributed by atoms with E-state index in [0.717, 1.165) is 12.2 Å². The summed E-state index contributed by atoms with van der Waals surface area (Å²) < 4.78 is 10.9. The smallest absolute Gasteiger partial charge is 0.227 e. The number of carbonyl (C=O) groups is 1. The second-order valence-corrected chi connectivity index (χ2v) is 5.07. The molecule has 0 bridgehead atoms. The maximum absolute atomic E-state index is 11.0. The van der Waals surface area contributed by atoms with Crippen molar-refractivity contribution in [3.05, 3.63) is 41.5 Å². The van der Waals surface area contributed by atoms with Crippen LogP contribution in [-0.2, 0) is 17.6 Å². The van der Waals surface area contributed by atoms with Gasteiger partial charge in [0, 0.05) is 12.8 Å². The normalized spacial score (nSPS) is 17.4. The third-order valence-corrected chi connectivity index (χ3v) is 3.42. The zero-order valence-corrected chi connectivity index (χ0v) is 11.3. The lowest BCUT2D eigenvalue weighted by Crippen LogP contribution is -2.20. The third-order valence-electron chi connectivity index (χ3n) is 3.42. The van der Waals surface area contributed by atoms with E-state index in [0.29, 0.717) is 31.2 Å². The maximum atomic E-state index is 11.0. The van der Waals surface area contributed by atoms with Crippen molar-refractivity contribution in [1.29, 1.82) is 0 Å². The van der Waals surface area contributed by atoms with Gasteiger partial charge >= 0.3 is 0 Å². The van der Waals surface area contributed by atoms with Gasteiger partial charge in [0.05, 0.1) is 12.5 Å². The van der Waals surface area contributed by atoms with Gasteiger partial charge in [0.2, 0.25) is 5.89 Å². The molecule has 0 spiro atoms. The van der Waals surface area contributed by atoms with Crippen LogP contribution in [0.5, 0.6) is 5.75 Å². The van der Waals surface area contributed by atoms with Crippen LogP contribution in [0.3, 0.4) is 0 Å². The highest BCUT2D eigenvalue weighted by molar-refractivity contribution is 5.75. The SMILES string of the molecule is CC(=O)CCc1nc(C2COc3ccccc3C2)no1. The summed E-state index contributed by atoms with van der Waals surface area (Å²) in [4.78, 5) is 15.3. The number of benzene rings is 1. The summed E-state index contributed by atoms with van der Waals surface area (Å²) in [6.45, 7) is 2.12. The second-order valence-electron chi connectivity index (χ2n) is 5.07. The lowest BCUT2D eigenvalue weighted by molar-refractivity contribution is -0.117. The number of rotatable bonds is 4. The molecule has 1 atom stereocenters. The van der Waals surface area contributed by atoms with Crippen LogP contribution in [0.15, 0.2) is 28.8 Å². The van der Waals surface area contributed by atoms with Crippen LogP contribution in [0, 0.1) is 0 Å². The first-order chi connectivity index (χ1) is 9.72. The van der Waals surface area contributed by atoms with E-state index < -0.39 is 0 Å². The number of aryl methyl sites for hydroxylation is 1. The van der Waals surface area contributed by atoms with Crippen LogP contribution >= 0.6 is 0 Å². The highest BCUT2D eigenvalue weighted by atomic mass is 16.5. The van der Waals surface area contributed by atoms with Gasteiger partial charge in [-0.2, -0.15) is 4.98 Å². The number of Topliss-reactive ketones (excluding diaryl/α,β-unsaturated/α-hetero) is 1. The highest BCUT2D eigenvalue weighted by Gasteiger charge is 2.25. The van der Waals surface area contributed by atoms with Crippen LogP contribution in [0.2, 0.25) is 0 Å². The number of ketones is 1. The van der Waals surface area contributed by atoms with E-state index in [1.54, 1.807) is 6.92 Å². The molecule has 0 radical (unpaired) electrons. The van der Waals surface area contributed by atoms with Gasteiger partial charge in [0.1, 0.15) is 11.5 Å². The van der Waals surface area contributed by atoms with E-state index in [4.69, 9.17) is 9.26 Å². The molecule has 0 amide bonds. The second kappa shape index (κ2) is 5.45. The zero-order chi connectivity index (χ0) is 13.9. The quantitative estimate of drug-likeness (QED) is 0.854. The molecule has 20 heavy (non-hydrogen) atoms. The summed E-state index contributed by atoms with van der Waals surface area (Å²) in [7, 11) is 0. The Hall–Kier alpha value is -2.17. The first-order valence-corrected chi connectivity index (χ1v) is 6.75. The molecule has 2 aromatic rings. The van der Waals surface area contributed by atoms with E-state index in [2.05, 4.69) is 16.2 Å². The lowest BCUT2D eigenvalue weighted by Gasteiger charge is -2.22. The number of para-hydroxylation sites is 1. The minimum absolute atomic E-state index is 0.111. The Balaban J connectivity index is 1.70. The van der Waals surface area contributed by atoms with Crippen molar-refractivity contribution >= 4 is 5.78 Å². The summed E-state index contributed by atoms with van der Waals surface area (Å²) in [6, 6.07) is 7.99. The van der Waals surface area contributed by atoms with E-state index in [1.165, 1.54) is 5.56 Å². The molecule has 5 nitrogen and oxygen atoms in total. The molecule has 1 aliphatic heterocycles. The third kappa shape index (κ3) is 2.71. The molecule has 0 saturated carbocycles. The first kappa shape index (κ1) is 12.8. The molecular weight excluding hydrogens is 256 g/mol. The fourth-order valence-electron chi connectivity index (χ4n) is 2.31. The molecule has 0 fully saturated rings. The van der Waals surface area contributed by atoms with Crippen molar-refractivity contribution in [3.8, 4) is 5.75 Å². The van der Waals surface area contributed by atoms with Crippen molar-refractivity contribution in [2.45, 2.75) is 32.1 Å². The van der Waals surface area contributed by atoms with Gasteiger partial charge in [-0.05, 0) is 25.0 Å². The molecule has 5 heteroatoms. The average Bonchev–Trinajstić information content (AvgIpc) is 2.93. The van der Waals surface area contributed by atoms with Crippen LogP contribution in [0.4, 0.5) is 0 Å². The van der Waals surface area contributed by atoms with Crippen LogP contribution in [0.25, 0.3) is 0 Å². The molecule has 1 aromatic carbocycles. The predicted molar refractivity (Wildman–Crippen MR) is 71.7 cm³/mol. The standard InChI is InChI=1S/C15H16N2O3/c1-10(18)6-7-14-16-15(17-20-14)12-8-11-4-2-3-5-13(11)19-9-12/h2-5,12H,6-9H2,1H3. The van der Waals surface area contributed by atoms with E-state index in [1.807, 2.05) is 18.2 Å². The van der Waals surface area contributed by atoms with Gasteiger partial charge in [-0.25, -0.2) is 0 Å². The molecule has 1 aromatic heterocycles. The van der Waals surface area contributed by atoms with Crippen LogP contribution < -0.4 is 4.74 Å². The molecule has 3 rings (SSSR count). The molecule has 1 aliphatic rings. The molecule has 104 valence electrons. The fourth-order valence-corrected chi connectivity index (χ4v) is 2.31. The molecule has 2 heterocycles. The number of nitrogens with zero attached hydrogens (tertiary/aromatic N) is 2. The summed E-state index contributed by atoms with van der Waals surface area (Å²) >= 11 is 0. The Kier molecular flexibility index (Phi) is 3.50. The largest absolute Gasteiger partial charge is 0.493 e. The first-order valence-electron chi connectivity index (χ1n) is 6.75. The Morgan fingerprint density at radius 3 is 3.10 bits per heavy atom. The van der Waals surface area contributed by atoms with Crippen molar-refractivity contribution in [2.24, 2.45) is 0 Å². The number of hydrogen-bond donors (Lipinski definition) is 0. The Bertz CT molecular complexity index is 621. The zero-order valence-electron chi connectivity index (χ0n) is 11.3. The minimum atomic E-state index is 0.111. The Labute approximate surface area is 116 Å². The predicted octanol–water partition coefficient (Wildman–Crippen LogP) is 2.31. The molecule has 0 aliphatic carbocycles.